The predicted octanol–water partition coefficient (Wildman–Crippen LogP) is -1.38. The van der Waals surface area contributed by atoms with Gasteiger partial charge >= 0.3 is 0 Å². The Balaban J connectivity index is 4.14. The van der Waals surface area contributed by atoms with Crippen LogP contribution in [0.5, 0.6) is 0 Å². The van der Waals surface area contributed by atoms with Gasteiger partial charge in [-0.2, -0.15) is 0 Å². The molecule has 0 saturated carbocycles. The van der Waals surface area contributed by atoms with E-state index >= 15 is 0 Å². The number of hydrogen-bond donors (Lipinski definition) is 4. The fraction of sp³-hybridized carbons (Fsp3) is 1.00. The molecule has 56 valence electrons. The molecule has 0 aromatic carbocycles. The van der Waals surface area contributed by atoms with Gasteiger partial charge in [0.05, 0.1) is 0 Å². The number of hydrogen-bond acceptors (Lipinski definition) is 4. The quantitative estimate of drug-likeness (QED) is 0.352. The predicted molar refractivity (Wildman–Crippen MR) is 32.5 cm³/mol. The molecule has 4 N–H and O–H groups in total. The third-order valence-electron chi connectivity index (χ3n) is 1.41. The summed E-state index contributed by atoms with van der Waals surface area (Å²) in [5, 5.41) is 29.0. The SMILES string of the molecule is CNC(C)(O)C(C)(O)O. The fourth-order valence-electron chi connectivity index (χ4n) is 0.237. The molecule has 0 aromatic rings. The summed E-state index contributed by atoms with van der Waals surface area (Å²) in [5.74, 6) is -2.11. The van der Waals surface area contributed by atoms with Crippen LogP contribution in [0.15, 0.2) is 0 Å². The van der Waals surface area contributed by atoms with Crippen molar-refractivity contribution in [1.29, 1.82) is 0 Å². The van der Waals surface area contributed by atoms with Crippen molar-refractivity contribution in [1.82, 2.24) is 5.32 Å². The number of likely N-dealkylation sites (N-methyl/N-ethyl adjacent to an activating group) is 1. The van der Waals surface area contributed by atoms with Gasteiger partial charge in [0.2, 0.25) is 5.79 Å². The molecule has 0 amide bonds. The highest BCUT2D eigenvalue weighted by Gasteiger charge is 2.38. The van der Waals surface area contributed by atoms with Gasteiger partial charge in [-0.3, -0.25) is 5.32 Å². The van der Waals surface area contributed by atoms with Crippen LogP contribution in [-0.2, 0) is 0 Å². The van der Waals surface area contributed by atoms with E-state index in [2.05, 4.69) is 5.32 Å². The van der Waals surface area contributed by atoms with Crippen molar-refractivity contribution in [3.05, 3.63) is 0 Å². The first-order chi connectivity index (χ1) is 3.81. The van der Waals surface area contributed by atoms with Crippen molar-refractivity contribution in [2.24, 2.45) is 0 Å². The minimum Gasteiger partial charge on any atom is -0.371 e. The molecule has 0 spiro atoms. The van der Waals surface area contributed by atoms with Gasteiger partial charge in [-0.15, -0.1) is 0 Å². The minimum atomic E-state index is -2.11. The first kappa shape index (κ1) is 8.84. The first-order valence-corrected chi connectivity index (χ1v) is 2.67. The maximum Gasteiger partial charge on any atom is 0.203 e. The Morgan fingerprint density at radius 2 is 1.44 bits per heavy atom. The molecule has 0 aliphatic carbocycles. The molecular formula is C5H13NO3. The lowest BCUT2D eigenvalue weighted by Crippen LogP contribution is -2.58. The summed E-state index contributed by atoms with van der Waals surface area (Å²) < 4.78 is 0. The Labute approximate surface area is 54.1 Å². The summed E-state index contributed by atoms with van der Waals surface area (Å²) in [5.41, 5.74) is -1.66. The van der Waals surface area contributed by atoms with E-state index in [1.54, 1.807) is 0 Å². The van der Waals surface area contributed by atoms with Gasteiger partial charge in [0.1, 0.15) is 0 Å². The van der Waals surface area contributed by atoms with Crippen LogP contribution in [0.1, 0.15) is 13.8 Å². The van der Waals surface area contributed by atoms with Crippen LogP contribution in [0.25, 0.3) is 0 Å². The van der Waals surface area contributed by atoms with Crippen LogP contribution in [0.4, 0.5) is 0 Å². The average Bonchev–Trinajstić information content (AvgIpc) is 1.64. The molecule has 9 heavy (non-hydrogen) atoms. The fourth-order valence-corrected chi connectivity index (χ4v) is 0.237. The van der Waals surface area contributed by atoms with Gasteiger partial charge in [0.15, 0.2) is 5.72 Å². The van der Waals surface area contributed by atoms with Crippen LogP contribution >= 0.6 is 0 Å². The van der Waals surface area contributed by atoms with Gasteiger partial charge < -0.3 is 15.3 Å². The summed E-state index contributed by atoms with van der Waals surface area (Å²) in [6, 6.07) is 0. The lowest BCUT2D eigenvalue weighted by Gasteiger charge is -2.33. The number of rotatable bonds is 2. The Hall–Kier alpha value is -0.160. The topological polar surface area (TPSA) is 72.7 Å². The summed E-state index contributed by atoms with van der Waals surface area (Å²) in [7, 11) is 1.44. The Morgan fingerprint density at radius 1 is 1.11 bits per heavy atom. The normalized spacial score (nSPS) is 19.3. The highest BCUT2D eigenvalue weighted by Crippen LogP contribution is 2.13. The minimum absolute atomic E-state index is 1.10. The van der Waals surface area contributed by atoms with E-state index in [1.165, 1.54) is 14.0 Å². The molecule has 0 rings (SSSR count). The third-order valence-corrected chi connectivity index (χ3v) is 1.41. The molecule has 0 heterocycles. The van der Waals surface area contributed by atoms with Crippen LogP contribution in [0, 0.1) is 0 Å². The molecule has 4 heteroatoms. The third kappa shape index (κ3) is 1.91. The maximum absolute atomic E-state index is 9.05. The molecule has 1 unspecified atom stereocenters. The maximum atomic E-state index is 9.05. The second-order valence-electron chi connectivity index (χ2n) is 2.34. The van der Waals surface area contributed by atoms with Gasteiger partial charge in [0, 0.05) is 0 Å². The molecule has 0 aromatic heterocycles. The van der Waals surface area contributed by atoms with Gasteiger partial charge in [-0.05, 0) is 20.9 Å². The molecule has 1 atom stereocenters. The summed E-state index contributed by atoms with van der Waals surface area (Å²) in [6.07, 6.45) is 0. The largest absolute Gasteiger partial charge is 0.371 e. The second-order valence-corrected chi connectivity index (χ2v) is 2.34. The van der Waals surface area contributed by atoms with Crippen LogP contribution in [0.3, 0.4) is 0 Å². The zero-order chi connectivity index (χ0) is 7.71. The summed E-state index contributed by atoms with van der Waals surface area (Å²) in [6.45, 7) is 2.37. The van der Waals surface area contributed by atoms with E-state index in [-0.39, 0.29) is 0 Å². The Morgan fingerprint density at radius 3 is 1.44 bits per heavy atom. The van der Waals surface area contributed by atoms with Gasteiger partial charge in [-0.25, -0.2) is 0 Å². The van der Waals surface area contributed by atoms with E-state index in [0.29, 0.717) is 0 Å². The molecule has 0 aliphatic rings. The standard InChI is InChI=1S/C5H13NO3/c1-4(7,6-3)5(2,8)9/h6-9H,1-3H3. The first-order valence-electron chi connectivity index (χ1n) is 2.67. The van der Waals surface area contributed by atoms with E-state index in [0.717, 1.165) is 6.92 Å². The van der Waals surface area contributed by atoms with E-state index < -0.39 is 11.5 Å². The molecule has 0 bridgehead atoms. The van der Waals surface area contributed by atoms with Gasteiger partial charge in [0.25, 0.3) is 0 Å². The zero-order valence-corrected chi connectivity index (χ0v) is 5.84. The molecule has 0 aliphatic heterocycles. The second kappa shape index (κ2) is 2.22. The molecule has 0 saturated heterocycles. The Bertz CT molecular complexity index is 94.9. The van der Waals surface area contributed by atoms with E-state index in [1.807, 2.05) is 0 Å². The summed E-state index contributed by atoms with van der Waals surface area (Å²) >= 11 is 0. The average molecular weight is 135 g/mol. The Kier molecular flexibility index (Phi) is 2.19. The lowest BCUT2D eigenvalue weighted by molar-refractivity contribution is -0.266. The number of aliphatic hydroxyl groups is 3. The summed E-state index contributed by atoms with van der Waals surface area (Å²) in [4.78, 5) is 0. The monoisotopic (exact) mass is 135 g/mol. The van der Waals surface area contributed by atoms with Crippen LogP contribution < -0.4 is 5.32 Å². The molecule has 4 nitrogen and oxygen atoms in total. The highest BCUT2D eigenvalue weighted by atomic mass is 16.5. The van der Waals surface area contributed by atoms with Crippen molar-refractivity contribution >= 4 is 0 Å². The molecule has 0 fully saturated rings. The highest BCUT2D eigenvalue weighted by molar-refractivity contribution is 4.79. The lowest BCUT2D eigenvalue weighted by atomic mass is 10.1. The van der Waals surface area contributed by atoms with E-state index in [4.69, 9.17) is 15.3 Å². The van der Waals surface area contributed by atoms with Crippen molar-refractivity contribution in [2.45, 2.75) is 25.4 Å². The molecule has 0 radical (unpaired) electrons. The zero-order valence-electron chi connectivity index (χ0n) is 5.84. The van der Waals surface area contributed by atoms with Crippen LogP contribution in [-0.4, -0.2) is 33.9 Å². The number of nitrogens with one attached hydrogen (secondary N) is 1. The van der Waals surface area contributed by atoms with Crippen molar-refractivity contribution < 1.29 is 15.3 Å². The molecular weight excluding hydrogens is 122 g/mol. The van der Waals surface area contributed by atoms with Crippen molar-refractivity contribution in [3.8, 4) is 0 Å². The van der Waals surface area contributed by atoms with Crippen molar-refractivity contribution in [3.63, 3.8) is 0 Å². The van der Waals surface area contributed by atoms with E-state index in [9.17, 15) is 0 Å². The van der Waals surface area contributed by atoms with Crippen LogP contribution in [0.2, 0.25) is 0 Å². The smallest absolute Gasteiger partial charge is 0.203 e. The van der Waals surface area contributed by atoms with Gasteiger partial charge in [-0.1, -0.05) is 0 Å². The van der Waals surface area contributed by atoms with Crippen molar-refractivity contribution in [2.75, 3.05) is 7.05 Å².